The third-order valence-electron chi connectivity index (χ3n) is 6.48. The first-order valence-electron chi connectivity index (χ1n) is 14.5. The van der Waals surface area contributed by atoms with Crippen LogP contribution in [0.15, 0.2) is 48.9 Å². The molecule has 2 aromatic heterocycles. The minimum absolute atomic E-state index is 0.104. The number of rotatable bonds is 6. The predicted molar refractivity (Wildman–Crippen MR) is 156 cm³/mol. The van der Waals surface area contributed by atoms with Crippen LogP contribution in [0.25, 0.3) is 0 Å². The van der Waals surface area contributed by atoms with E-state index in [4.69, 9.17) is 44.3 Å². The van der Waals surface area contributed by atoms with Gasteiger partial charge < -0.3 is 30.1 Å². The smallest absolute Gasteiger partial charge is 0.475 e. The van der Waals surface area contributed by atoms with Gasteiger partial charge in [-0.15, -0.1) is 0 Å². The average molecular weight is 809 g/mol. The maximum Gasteiger partial charge on any atom is 0.490 e. The molecule has 4 heterocycles. The van der Waals surface area contributed by atoms with E-state index in [1.54, 1.807) is 0 Å². The maximum absolute atomic E-state index is 10.6. The van der Waals surface area contributed by atoms with Crippen molar-refractivity contribution in [1.29, 1.82) is 0 Å². The molecule has 25 heteroatoms. The zero-order valence-corrected chi connectivity index (χ0v) is 27.5. The van der Waals surface area contributed by atoms with Crippen molar-refractivity contribution in [3.63, 3.8) is 0 Å². The summed E-state index contributed by atoms with van der Waals surface area (Å²) in [7, 11) is 2.19. The number of hydrogen-bond acceptors (Lipinski definition) is 9. The highest BCUT2D eigenvalue weighted by Crippen LogP contribution is 2.36. The molecule has 2 aliphatic heterocycles. The van der Waals surface area contributed by atoms with Gasteiger partial charge in [-0.05, 0) is 49.6 Å². The summed E-state index contributed by atoms with van der Waals surface area (Å²) in [5.74, 6) is -10.4. The van der Waals surface area contributed by atoms with Gasteiger partial charge in [0, 0.05) is 51.3 Å². The lowest BCUT2D eigenvalue weighted by Crippen LogP contribution is -2.64. The predicted octanol–water partition coefficient (Wildman–Crippen LogP) is 5.12. The Morgan fingerprint density at radius 3 is 1.57 bits per heavy atom. The lowest BCUT2D eigenvalue weighted by atomic mass is 9.82. The van der Waals surface area contributed by atoms with Crippen LogP contribution in [0.2, 0.25) is 0 Å². The molecule has 2 aromatic rings. The van der Waals surface area contributed by atoms with Crippen molar-refractivity contribution in [2.45, 2.75) is 56.2 Å². The molecule has 2 aliphatic rings. The fraction of sp³-hybridized carbons (Fsp3) is 0.517. The molecule has 0 bridgehead atoms. The van der Waals surface area contributed by atoms with E-state index in [9.17, 15) is 52.7 Å². The van der Waals surface area contributed by atoms with Crippen LogP contribution in [0.1, 0.15) is 24.1 Å². The Balaban J connectivity index is 0.000000820. The van der Waals surface area contributed by atoms with Crippen LogP contribution in [0.5, 0.6) is 0 Å². The van der Waals surface area contributed by atoms with Crippen molar-refractivity contribution in [1.82, 2.24) is 19.8 Å². The fourth-order valence-electron chi connectivity index (χ4n) is 4.22. The van der Waals surface area contributed by atoms with E-state index >= 15 is 0 Å². The largest absolute Gasteiger partial charge is 0.490 e. The van der Waals surface area contributed by atoms with Crippen LogP contribution in [0.4, 0.5) is 52.7 Å². The quantitative estimate of drug-likeness (QED) is 0.282. The van der Waals surface area contributed by atoms with Gasteiger partial charge in [-0.3, -0.25) is 14.9 Å². The SMILES string of the molecule is CN(Cc1cccnc1)CC1CCC2(CN(Cc3ccccn3)C2)OC1.O=C(O)C(F)(F)F.O=C(O)C(F)(F)F.O=C(O)C(F)(F)F.O=C(O)C(F)(F)F. The molecule has 2 fully saturated rings. The molecule has 2 saturated heterocycles. The zero-order chi connectivity index (χ0) is 42.1. The van der Waals surface area contributed by atoms with Gasteiger partial charge in [0.15, 0.2) is 0 Å². The minimum Gasteiger partial charge on any atom is -0.475 e. The molecule has 54 heavy (non-hydrogen) atoms. The van der Waals surface area contributed by atoms with Crippen LogP contribution in [0, 0.1) is 5.92 Å². The number of pyridine rings is 2. The number of ether oxygens (including phenoxy) is 1. The average Bonchev–Trinajstić information content (AvgIpc) is 3.01. The Morgan fingerprint density at radius 1 is 0.778 bits per heavy atom. The molecular formula is C29H32F12N4O9. The first-order chi connectivity index (χ1) is 24.5. The van der Waals surface area contributed by atoms with Gasteiger partial charge >= 0.3 is 48.6 Å². The Hall–Kier alpha value is -4.78. The number of carbonyl (C=O) groups is 4. The highest BCUT2D eigenvalue weighted by Gasteiger charge is 2.46. The molecule has 306 valence electrons. The third-order valence-corrected chi connectivity index (χ3v) is 6.48. The summed E-state index contributed by atoms with van der Waals surface area (Å²) in [5, 5.41) is 28.5. The minimum atomic E-state index is -5.08. The molecule has 4 N–H and O–H groups in total. The molecule has 4 rings (SSSR count). The number of carboxylic acid groups (broad SMARTS) is 4. The first-order valence-corrected chi connectivity index (χ1v) is 14.5. The molecule has 1 spiro atoms. The lowest BCUT2D eigenvalue weighted by molar-refractivity contribution is -0.193. The second-order valence-corrected chi connectivity index (χ2v) is 11.1. The highest BCUT2D eigenvalue weighted by molar-refractivity contribution is 5.74. The number of hydrogen-bond donors (Lipinski definition) is 4. The van der Waals surface area contributed by atoms with Crippen molar-refractivity contribution in [3.05, 3.63) is 60.2 Å². The second-order valence-electron chi connectivity index (χ2n) is 11.1. The summed E-state index contributed by atoms with van der Waals surface area (Å²) in [5.41, 5.74) is 2.52. The standard InChI is InChI=1S/C21H28N4O.4C2HF3O2/c1-24(12-18-5-4-9-22-11-18)13-19-7-8-21(26-15-19)16-25(17-21)14-20-6-2-3-10-23-20;4*3-2(4,5)1(6)7/h2-6,9-11,19H,7-8,12-17H2,1H3;4*(H,6,7). The molecule has 0 radical (unpaired) electrons. The van der Waals surface area contributed by atoms with Gasteiger partial charge in [0.25, 0.3) is 0 Å². The molecule has 13 nitrogen and oxygen atoms in total. The van der Waals surface area contributed by atoms with Crippen LogP contribution in [-0.4, -0.2) is 128 Å². The van der Waals surface area contributed by atoms with E-state index in [0.29, 0.717) is 5.92 Å². The summed E-state index contributed by atoms with van der Waals surface area (Å²) < 4.78 is 133. The number of nitrogens with zero attached hydrogens (tertiary/aromatic N) is 4. The molecule has 0 aromatic carbocycles. The Morgan fingerprint density at radius 2 is 1.24 bits per heavy atom. The van der Waals surface area contributed by atoms with Gasteiger partial charge in [0.1, 0.15) is 0 Å². The summed E-state index contributed by atoms with van der Waals surface area (Å²) in [6.07, 6.45) is -12.2. The van der Waals surface area contributed by atoms with E-state index < -0.39 is 48.6 Å². The highest BCUT2D eigenvalue weighted by atomic mass is 19.4. The molecule has 0 amide bonds. The topological polar surface area (TPSA) is 191 Å². The molecule has 0 aliphatic carbocycles. The number of likely N-dealkylation sites (tertiary alicyclic amines) is 1. The third kappa shape index (κ3) is 21.1. The number of alkyl halides is 12. The Kier molecular flexibility index (Phi) is 19.3. The summed E-state index contributed by atoms with van der Waals surface area (Å²) >= 11 is 0. The zero-order valence-electron chi connectivity index (χ0n) is 27.5. The monoisotopic (exact) mass is 808 g/mol. The van der Waals surface area contributed by atoms with E-state index in [-0.39, 0.29) is 5.60 Å². The normalized spacial score (nSPS) is 16.7. The summed E-state index contributed by atoms with van der Waals surface area (Å²) in [4.78, 5) is 49.0. The van der Waals surface area contributed by atoms with Crippen LogP contribution >= 0.6 is 0 Å². The lowest BCUT2D eigenvalue weighted by Gasteiger charge is -2.53. The van der Waals surface area contributed by atoms with Gasteiger partial charge in [0.05, 0.1) is 17.9 Å². The molecule has 1 unspecified atom stereocenters. The van der Waals surface area contributed by atoms with Crippen LogP contribution < -0.4 is 0 Å². The number of aromatic nitrogens is 2. The van der Waals surface area contributed by atoms with Crippen LogP contribution in [-0.2, 0) is 37.0 Å². The van der Waals surface area contributed by atoms with E-state index in [1.807, 2.05) is 30.7 Å². The van der Waals surface area contributed by atoms with Crippen molar-refractivity contribution < 1.29 is 97.0 Å². The van der Waals surface area contributed by atoms with Crippen molar-refractivity contribution in [2.24, 2.45) is 5.92 Å². The summed E-state index contributed by atoms with van der Waals surface area (Å²) in [6, 6.07) is 10.3. The molecular weight excluding hydrogens is 776 g/mol. The Bertz CT molecular complexity index is 1350. The van der Waals surface area contributed by atoms with Gasteiger partial charge in [-0.2, -0.15) is 52.7 Å². The molecule has 0 saturated carbocycles. The number of aliphatic carboxylic acids is 4. The summed E-state index contributed by atoms with van der Waals surface area (Å²) in [6.45, 7) is 5.94. The van der Waals surface area contributed by atoms with Gasteiger partial charge in [-0.1, -0.05) is 12.1 Å². The number of carboxylic acids is 4. The Labute approximate surface area is 296 Å². The van der Waals surface area contributed by atoms with E-state index in [2.05, 4.69) is 45.0 Å². The second kappa shape index (κ2) is 21.2. The van der Waals surface area contributed by atoms with Crippen molar-refractivity contribution in [2.75, 3.05) is 33.3 Å². The first kappa shape index (κ1) is 49.2. The molecule has 1 atom stereocenters. The fourth-order valence-corrected chi connectivity index (χ4v) is 4.22. The maximum atomic E-state index is 10.6. The number of halogens is 12. The van der Waals surface area contributed by atoms with Crippen LogP contribution in [0.3, 0.4) is 0 Å². The van der Waals surface area contributed by atoms with Crippen molar-refractivity contribution >= 4 is 23.9 Å². The van der Waals surface area contributed by atoms with E-state index in [1.165, 1.54) is 18.4 Å². The van der Waals surface area contributed by atoms with E-state index in [0.717, 1.165) is 45.0 Å². The van der Waals surface area contributed by atoms with Crippen molar-refractivity contribution in [3.8, 4) is 0 Å². The van der Waals surface area contributed by atoms with Gasteiger partial charge in [0.2, 0.25) is 0 Å². The van der Waals surface area contributed by atoms with Gasteiger partial charge in [-0.25, -0.2) is 19.2 Å².